The normalized spacial score (nSPS) is 27.1. The molecule has 0 radical (unpaired) electrons. The number of carbonyl (C=O) groups is 2. The average Bonchev–Trinajstić information content (AvgIpc) is 2.93. The van der Waals surface area contributed by atoms with Gasteiger partial charge in [-0.1, -0.05) is 37.6 Å². The van der Waals surface area contributed by atoms with Gasteiger partial charge in [0.25, 0.3) is 0 Å². The number of Topliss-reactive ketones (excluding diaryl/α,β-unsaturated/α-hetero) is 1. The number of ketones is 1. The van der Waals surface area contributed by atoms with Gasteiger partial charge in [0, 0.05) is 18.3 Å². The van der Waals surface area contributed by atoms with Crippen molar-refractivity contribution in [2.45, 2.75) is 70.5 Å². The molecule has 1 aromatic carbocycles. The quantitative estimate of drug-likeness (QED) is 0.549. The van der Waals surface area contributed by atoms with Gasteiger partial charge in [0.2, 0.25) is 0 Å². The van der Waals surface area contributed by atoms with E-state index in [9.17, 15) is 19.8 Å². The van der Waals surface area contributed by atoms with E-state index in [1.807, 2.05) is 12.2 Å². The lowest BCUT2D eigenvalue weighted by molar-refractivity contribution is -0.121. The number of aryl methyl sites for hydroxylation is 1. The second-order valence-corrected chi connectivity index (χ2v) is 8.71. The van der Waals surface area contributed by atoms with Crippen molar-refractivity contribution < 1.29 is 24.9 Å². The van der Waals surface area contributed by atoms with Gasteiger partial charge < -0.3 is 15.3 Å². The summed E-state index contributed by atoms with van der Waals surface area (Å²) in [6.45, 7) is 2.13. The van der Waals surface area contributed by atoms with Crippen molar-refractivity contribution in [3.63, 3.8) is 0 Å². The van der Waals surface area contributed by atoms with E-state index >= 15 is 0 Å². The van der Waals surface area contributed by atoms with Crippen molar-refractivity contribution in [2.75, 3.05) is 0 Å². The highest BCUT2D eigenvalue weighted by Gasteiger charge is 2.42. The predicted octanol–water partition coefficient (Wildman–Crippen LogP) is 3.77. The molecule has 1 unspecified atom stereocenters. The molecule has 0 amide bonds. The Balaban J connectivity index is 1.58. The van der Waals surface area contributed by atoms with Crippen molar-refractivity contribution in [2.24, 2.45) is 17.3 Å². The van der Waals surface area contributed by atoms with Crippen LogP contribution in [-0.4, -0.2) is 39.3 Å². The molecule has 5 heteroatoms. The van der Waals surface area contributed by atoms with Crippen LogP contribution in [0.2, 0.25) is 0 Å². The highest BCUT2D eigenvalue weighted by atomic mass is 16.4. The summed E-state index contributed by atoms with van der Waals surface area (Å²) in [5, 5.41) is 29.9. The van der Waals surface area contributed by atoms with Gasteiger partial charge in [-0.2, -0.15) is 0 Å². The summed E-state index contributed by atoms with van der Waals surface area (Å²) in [4.78, 5) is 23.4. The van der Waals surface area contributed by atoms with Crippen LogP contribution in [0.1, 0.15) is 67.8 Å². The largest absolute Gasteiger partial charge is 0.478 e. The highest BCUT2D eigenvalue weighted by molar-refractivity contribution is 5.87. The molecule has 5 nitrogen and oxygen atoms in total. The number of benzene rings is 1. The fraction of sp³-hybridized carbons (Fsp3) is 0.583. The topological polar surface area (TPSA) is 94.8 Å². The van der Waals surface area contributed by atoms with Gasteiger partial charge in [-0.05, 0) is 61.6 Å². The van der Waals surface area contributed by atoms with Crippen LogP contribution < -0.4 is 0 Å². The summed E-state index contributed by atoms with van der Waals surface area (Å²) < 4.78 is 0. The fourth-order valence-electron chi connectivity index (χ4n) is 4.90. The molecule has 0 spiro atoms. The summed E-state index contributed by atoms with van der Waals surface area (Å²) >= 11 is 0. The van der Waals surface area contributed by atoms with Gasteiger partial charge in [-0.25, -0.2) is 4.79 Å². The third kappa shape index (κ3) is 4.78. The second kappa shape index (κ2) is 9.23. The molecule has 0 heterocycles. The van der Waals surface area contributed by atoms with E-state index in [4.69, 9.17) is 5.11 Å². The first-order valence-corrected chi connectivity index (χ1v) is 10.7. The fourth-order valence-corrected chi connectivity index (χ4v) is 4.90. The Bertz CT molecular complexity index is 742. The van der Waals surface area contributed by atoms with E-state index in [1.165, 1.54) is 6.42 Å². The molecule has 3 rings (SSSR count). The summed E-state index contributed by atoms with van der Waals surface area (Å²) in [6.07, 6.45) is 9.19. The van der Waals surface area contributed by atoms with E-state index in [0.717, 1.165) is 24.8 Å². The van der Waals surface area contributed by atoms with E-state index < -0.39 is 12.1 Å². The molecule has 0 aliphatic heterocycles. The zero-order valence-electron chi connectivity index (χ0n) is 17.1. The number of aliphatic hydroxyl groups excluding tert-OH is 2. The lowest BCUT2D eigenvalue weighted by atomic mass is 9.63. The molecule has 0 aromatic heterocycles. The van der Waals surface area contributed by atoms with Crippen LogP contribution in [0.25, 0.3) is 0 Å². The Labute approximate surface area is 172 Å². The minimum atomic E-state index is -0.954. The van der Waals surface area contributed by atoms with Gasteiger partial charge in [0.15, 0.2) is 0 Å². The van der Waals surface area contributed by atoms with Crippen LogP contribution in [0.5, 0.6) is 0 Å². The molecule has 4 atom stereocenters. The predicted molar refractivity (Wildman–Crippen MR) is 111 cm³/mol. The van der Waals surface area contributed by atoms with E-state index in [2.05, 4.69) is 6.92 Å². The first-order valence-electron chi connectivity index (χ1n) is 10.7. The number of carboxylic acid groups (broad SMARTS) is 1. The minimum Gasteiger partial charge on any atom is -0.478 e. The van der Waals surface area contributed by atoms with Crippen LogP contribution in [-0.2, 0) is 11.2 Å². The summed E-state index contributed by atoms with van der Waals surface area (Å²) in [5.41, 5.74) is 1.28. The third-order valence-corrected chi connectivity index (χ3v) is 7.16. The number of aliphatic hydroxyl groups is 2. The first kappa shape index (κ1) is 21.7. The molecule has 29 heavy (non-hydrogen) atoms. The van der Waals surface area contributed by atoms with Crippen molar-refractivity contribution in [3.05, 3.63) is 47.5 Å². The third-order valence-electron chi connectivity index (χ3n) is 7.16. The lowest BCUT2D eigenvalue weighted by Crippen LogP contribution is -2.40. The van der Waals surface area contributed by atoms with E-state index in [-0.39, 0.29) is 41.1 Å². The van der Waals surface area contributed by atoms with Gasteiger partial charge in [0.05, 0.1) is 17.8 Å². The van der Waals surface area contributed by atoms with Crippen molar-refractivity contribution in [3.8, 4) is 0 Å². The molecule has 0 bridgehead atoms. The van der Waals surface area contributed by atoms with Gasteiger partial charge in [-0.3, -0.25) is 4.79 Å². The number of carbonyl (C=O) groups excluding carboxylic acids is 1. The minimum absolute atomic E-state index is 0.0516. The van der Waals surface area contributed by atoms with Gasteiger partial charge in [0.1, 0.15) is 5.78 Å². The molecule has 2 aliphatic rings. The maximum absolute atomic E-state index is 12.4. The Hall–Kier alpha value is -1.98. The molecule has 1 aromatic rings. The first-order chi connectivity index (χ1) is 13.9. The molecule has 2 fully saturated rings. The van der Waals surface area contributed by atoms with Crippen molar-refractivity contribution >= 4 is 11.8 Å². The van der Waals surface area contributed by atoms with E-state index in [1.54, 1.807) is 24.3 Å². The highest BCUT2D eigenvalue weighted by Crippen LogP contribution is 2.47. The second-order valence-electron chi connectivity index (χ2n) is 8.71. The van der Waals surface area contributed by atoms with Crippen molar-refractivity contribution in [1.29, 1.82) is 0 Å². The molecule has 2 saturated carbocycles. The molecule has 0 saturated heterocycles. The standard InChI is InChI=1S/C24H32O5/c1-2-24(13-4-14-24)22(27)6-3-5-18-19(21(26)15-20(18)25)12-9-16-7-10-17(11-8-16)23(28)29/h3,5,7-8,10-11,18-20,22,25,27H,2,4,6,9,12-15H2,1H3,(H,28,29)/b5-3+/t18-,19-,20-,22?/m1/s1. The maximum Gasteiger partial charge on any atom is 0.335 e. The number of hydrogen-bond donors (Lipinski definition) is 3. The van der Waals surface area contributed by atoms with Crippen LogP contribution in [0.3, 0.4) is 0 Å². The van der Waals surface area contributed by atoms with Crippen LogP contribution >= 0.6 is 0 Å². The van der Waals surface area contributed by atoms with E-state index in [0.29, 0.717) is 19.3 Å². The maximum atomic E-state index is 12.4. The van der Waals surface area contributed by atoms with Crippen LogP contribution in [0.15, 0.2) is 36.4 Å². The Kier molecular flexibility index (Phi) is 6.91. The summed E-state index contributed by atoms with van der Waals surface area (Å²) in [5.74, 6) is -1.32. The van der Waals surface area contributed by atoms with Crippen molar-refractivity contribution in [1.82, 2.24) is 0 Å². The monoisotopic (exact) mass is 400 g/mol. The Morgan fingerprint density at radius 1 is 1.28 bits per heavy atom. The van der Waals surface area contributed by atoms with Crippen LogP contribution in [0, 0.1) is 17.3 Å². The average molecular weight is 401 g/mol. The summed E-state index contributed by atoms with van der Waals surface area (Å²) in [6, 6.07) is 6.71. The molecule has 3 N–H and O–H groups in total. The molecular formula is C24H32O5. The molecule has 158 valence electrons. The number of carboxylic acids is 1. The Morgan fingerprint density at radius 2 is 1.97 bits per heavy atom. The molecular weight excluding hydrogens is 368 g/mol. The number of aromatic carboxylic acids is 1. The van der Waals surface area contributed by atoms with Gasteiger partial charge >= 0.3 is 5.97 Å². The van der Waals surface area contributed by atoms with Gasteiger partial charge in [-0.15, -0.1) is 0 Å². The zero-order chi connectivity index (χ0) is 21.0. The smallest absolute Gasteiger partial charge is 0.335 e. The Morgan fingerprint density at radius 3 is 2.52 bits per heavy atom. The lowest BCUT2D eigenvalue weighted by Gasteiger charge is -2.45. The number of hydrogen-bond acceptors (Lipinski definition) is 4. The summed E-state index contributed by atoms with van der Waals surface area (Å²) in [7, 11) is 0. The molecule has 2 aliphatic carbocycles. The zero-order valence-corrected chi connectivity index (χ0v) is 17.1. The van der Waals surface area contributed by atoms with Crippen LogP contribution in [0.4, 0.5) is 0 Å². The SMILES string of the molecule is CCC1(C(O)C/C=C/[C@H]2[C@H](O)CC(=O)[C@@H]2CCc2ccc(C(=O)O)cc2)CCC1. The number of rotatable bonds is 9.